The van der Waals surface area contributed by atoms with Crippen LogP contribution in [0.15, 0.2) is 71.7 Å². The molecule has 3 aromatic rings. The summed E-state index contributed by atoms with van der Waals surface area (Å²) < 4.78 is 23.2. The van der Waals surface area contributed by atoms with Gasteiger partial charge in [-0.2, -0.15) is 0 Å². The van der Waals surface area contributed by atoms with E-state index < -0.39 is 29.1 Å². The van der Waals surface area contributed by atoms with Gasteiger partial charge in [-0.3, -0.25) is 9.59 Å². The summed E-state index contributed by atoms with van der Waals surface area (Å²) in [6, 6.07) is 19.3. The van der Waals surface area contributed by atoms with Crippen molar-refractivity contribution in [2.24, 2.45) is 4.99 Å². The molecule has 0 aromatic heterocycles. The summed E-state index contributed by atoms with van der Waals surface area (Å²) >= 11 is 12.9. The number of aliphatic hydroxyl groups is 1. The smallest absolute Gasteiger partial charge is 0.306 e. The third-order valence-corrected chi connectivity index (χ3v) is 7.60. The van der Waals surface area contributed by atoms with Crippen molar-refractivity contribution in [2.45, 2.75) is 63.8 Å². The van der Waals surface area contributed by atoms with Crippen LogP contribution in [0, 0.1) is 0 Å². The van der Waals surface area contributed by atoms with Crippen molar-refractivity contribution in [1.29, 1.82) is 0 Å². The van der Waals surface area contributed by atoms with Gasteiger partial charge in [0, 0.05) is 52.7 Å². The highest BCUT2D eigenvalue weighted by Gasteiger charge is 2.54. The van der Waals surface area contributed by atoms with Crippen molar-refractivity contribution in [3.8, 4) is 11.5 Å². The molecular weight excluding hydrogens is 619 g/mol. The van der Waals surface area contributed by atoms with Gasteiger partial charge in [-0.25, -0.2) is 4.99 Å². The average Bonchev–Trinajstić information content (AvgIpc) is 3.39. The molecule has 0 saturated carbocycles. The summed E-state index contributed by atoms with van der Waals surface area (Å²) in [6.45, 7) is 5.88. The fourth-order valence-corrected chi connectivity index (χ4v) is 5.43. The molecule has 9 nitrogen and oxygen atoms in total. The maximum absolute atomic E-state index is 14.4. The molecule has 0 radical (unpaired) electrons. The lowest BCUT2D eigenvalue weighted by Gasteiger charge is -2.31. The van der Waals surface area contributed by atoms with Crippen LogP contribution in [0.25, 0.3) is 0 Å². The molecule has 45 heavy (non-hydrogen) atoms. The normalized spacial score (nSPS) is 17.7. The molecule has 240 valence electrons. The van der Waals surface area contributed by atoms with Crippen LogP contribution in [0.3, 0.4) is 0 Å². The molecule has 3 aromatic carbocycles. The lowest BCUT2D eigenvalue weighted by Crippen LogP contribution is -2.48. The first-order chi connectivity index (χ1) is 21.5. The summed E-state index contributed by atoms with van der Waals surface area (Å²) in [7, 11) is 1.56. The Kier molecular flexibility index (Phi) is 11.4. The number of ether oxygens (including phenoxy) is 4. The van der Waals surface area contributed by atoms with Gasteiger partial charge in [0.05, 0.1) is 13.7 Å². The van der Waals surface area contributed by atoms with Crippen LogP contribution in [0.2, 0.25) is 10.0 Å². The highest BCUT2D eigenvalue weighted by atomic mass is 35.5. The van der Waals surface area contributed by atoms with Crippen molar-refractivity contribution in [3.05, 3.63) is 93.5 Å². The van der Waals surface area contributed by atoms with E-state index >= 15 is 0 Å². The molecule has 0 fully saturated rings. The Morgan fingerprint density at radius 2 is 1.80 bits per heavy atom. The summed E-state index contributed by atoms with van der Waals surface area (Å²) in [5, 5.41) is 12.8. The van der Waals surface area contributed by atoms with E-state index in [2.05, 4.69) is 5.32 Å². The standard InChI is InChI=1S/C34H38Cl2N2O7/c1-33(2,3)45-29(40)16-17-34(32(41)37-21-23-8-5-6-9-28(23)42-4)30(26-15-12-24(35)20-27(26)36)44-31(38-34)22-10-13-25(14-11-22)43-19-7-18-39/h5-6,8-15,20,30,39H,7,16-19,21H2,1-4H3,(H,37,41)/t30-,34-/m1/s1. The number of carbonyl (C=O) groups excluding carboxylic acids is 2. The Labute approximate surface area is 273 Å². The summed E-state index contributed by atoms with van der Waals surface area (Å²) in [5.41, 5.74) is -0.480. The van der Waals surface area contributed by atoms with Gasteiger partial charge in [-0.1, -0.05) is 47.5 Å². The number of rotatable bonds is 13. The minimum atomic E-state index is -1.61. The van der Waals surface area contributed by atoms with E-state index in [1.54, 1.807) is 70.3 Å². The Hall–Kier alpha value is -3.79. The Morgan fingerprint density at radius 1 is 1.07 bits per heavy atom. The van der Waals surface area contributed by atoms with Crippen LogP contribution >= 0.6 is 23.2 Å². The second kappa shape index (κ2) is 15.0. The second-order valence-electron chi connectivity index (χ2n) is 11.5. The number of amides is 1. The quantitative estimate of drug-likeness (QED) is 0.160. The number of halogens is 2. The Balaban J connectivity index is 1.76. The fourth-order valence-electron chi connectivity index (χ4n) is 4.92. The zero-order chi connectivity index (χ0) is 32.6. The molecule has 0 saturated heterocycles. The third-order valence-electron chi connectivity index (χ3n) is 7.04. The molecule has 11 heteroatoms. The molecular formula is C34H38Cl2N2O7. The van der Waals surface area contributed by atoms with E-state index in [0.717, 1.165) is 5.56 Å². The maximum atomic E-state index is 14.4. The van der Waals surface area contributed by atoms with Gasteiger partial charge >= 0.3 is 5.97 Å². The molecule has 0 unspecified atom stereocenters. The summed E-state index contributed by atoms with van der Waals surface area (Å²) in [4.78, 5) is 32.3. The molecule has 1 heterocycles. The first kappa shape index (κ1) is 34.1. The van der Waals surface area contributed by atoms with E-state index in [-0.39, 0.29) is 36.9 Å². The molecule has 2 atom stereocenters. The lowest BCUT2D eigenvalue weighted by atomic mass is 9.83. The number of hydrogen-bond acceptors (Lipinski definition) is 8. The molecule has 1 amide bonds. The minimum absolute atomic E-state index is 0.0296. The lowest BCUT2D eigenvalue weighted by molar-refractivity contribution is -0.155. The van der Waals surface area contributed by atoms with Gasteiger partial charge in [-0.05, 0) is 69.7 Å². The molecule has 1 aliphatic rings. The van der Waals surface area contributed by atoms with Gasteiger partial charge in [0.15, 0.2) is 11.6 Å². The predicted molar refractivity (Wildman–Crippen MR) is 173 cm³/mol. The van der Waals surface area contributed by atoms with E-state index in [1.165, 1.54) is 0 Å². The molecule has 2 N–H and O–H groups in total. The number of nitrogens with one attached hydrogen (secondary N) is 1. The average molecular weight is 658 g/mol. The van der Waals surface area contributed by atoms with Crippen LogP contribution in [-0.4, -0.2) is 54.3 Å². The highest BCUT2D eigenvalue weighted by Crippen LogP contribution is 2.46. The predicted octanol–water partition coefficient (Wildman–Crippen LogP) is 6.46. The maximum Gasteiger partial charge on any atom is 0.306 e. The van der Waals surface area contributed by atoms with Crippen molar-refractivity contribution in [3.63, 3.8) is 0 Å². The van der Waals surface area contributed by atoms with Gasteiger partial charge < -0.3 is 29.4 Å². The minimum Gasteiger partial charge on any atom is -0.496 e. The van der Waals surface area contributed by atoms with Gasteiger partial charge in [0.1, 0.15) is 17.1 Å². The van der Waals surface area contributed by atoms with E-state index in [4.69, 9.17) is 52.2 Å². The van der Waals surface area contributed by atoms with Crippen LogP contribution < -0.4 is 14.8 Å². The fraction of sp³-hybridized carbons (Fsp3) is 0.382. The van der Waals surface area contributed by atoms with Crippen molar-refractivity contribution in [1.82, 2.24) is 5.32 Å². The van der Waals surface area contributed by atoms with Crippen LogP contribution in [-0.2, 0) is 25.6 Å². The number of carbonyl (C=O) groups is 2. The monoisotopic (exact) mass is 656 g/mol. The Morgan fingerprint density at radius 3 is 2.47 bits per heavy atom. The molecule has 0 aliphatic carbocycles. The van der Waals surface area contributed by atoms with E-state index in [1.807, 2.05) is 24.3 Å². The van der Waals surface area contributed by atoms with Crippen LogP contribution in [0.1, 0.15) is 62.8 Å². The Bertz CT molecular complexity index is 1520. The molecule has 1 aliphatic heterocycles. The third kappa shape index (κ3) is 8.69. The number of esters is 1. The number of aliphatic hydroxyl groups excluding tert-OH is 1. The highest BCUT2D eigenvalue weighted by molar-refractivity contribution is 6.35. The largest absolute Gasteiger partial charge is 0.496 e. The van der Waals surface area contributed by atoms with Gasteiger partial charge in [0.2, 0.25) is 5.90 Å². The number of benzene rings is 3. The first-order valence-electron chi connectivity index (χ1n) is 14.6. The van der Waals surface area contributed by atoms with E-state index in [0.29, 0.717) is 40.7 Å². The number of nitrogens with zero attached hydrogens (tertiary/aromatic N) is 1. The second-order valence-corrected chi connectivity index (χ2v) is 12.4. The summed E-state index contributed by atoms with van der Waals surface area (Å²) in [6.07, 6.45) is -0.642. The zero-order valence-corrected chi connectivity index (χ0v) is 27.3. The molecule has 4 rings (SSSR count). The van der Waals surface area contributed by atoms with Crippen LogP contribution in [0.4, 0.5) is 0 Å². The topological polar surface area (TPSA) is 116 Å². The van der Waals surface area contributed by atoms with Crippen molar-refractivity contribution >= 4 is 41.0 Å². The zero-order valence-electron chi connectivity index (χ0n) is 25.8. The van der Waals surface area contributed by atoms with Crippen molar-refractivity contribution < 1.29 is 33.6 Å². The first-order valence-corrected chi connectivity index (χ1v) is 15.4. The number of para-hydroxylation sites is 1. The molecule has 0 bridgehead atoms. The SMILES string of the molecule is COc1ccccc1CNC(=O)[C@]1(CCC(=O)OC(C)(C)C)N=C(c2ccc(OCCCO)cc2)O[C@@H]1c1ccc(Cl)cc1Cl. The molecule has 0 spiro atoms. The summed E-state index contributed by atoms with van der Waals surface area (Å²) in [5.74, 6) is 0.477. The van der Waals surface area contributed by atoms with E-state index in [9.17, 15) is 9.59 Å². The number of methoxy groups -OCH3 is 1. The van der Waals surface area contributed by atoms with Gasteiger partial charge in [0.25, 0.3) is 5.91 Å². The van der Waals surface area contributed by atoms with Crippen molar-refractivity contribution in [2.75, 3.05) is 20.3 Å². The van der Waals surface area contributed by atoms with Crippen LogP contribution in [0.5, 0.6) is 11.5 Å². The number of hydrogen-bond donors (Lipinski definition) is 2. The number of aliphatic imine (C=N–C) groups is 1. The van der Waals surface area contributed by atoms with Gasteiger partial charge in [-0.15, -0.1) is 0 Å².